The standard InChI is InChI=1S/C20H16N2O2S/c23-20(18-12-16-8-4-5-9-17(16)25-18)24-14-19-21-10-11-22(19)13-15-6-2-1-3-7-15/h1-12H,13-14H2. The average Bonchev–Trinajstić information content (AvgIpc) is 3.27. The molecule has 25 heavy (non-hydrogen) atoms. The van der Waals surface area contributed by atoms with E-state index in [-0.39, 0.29) is 12.6 Å². The predicted octanol–water partition coefficient (Wildman–Crippen LogP) is 4.50. The minimum atomic E-state index is -0.310. The van der Waals surface area contributed by atoms with E-state index in [0.717, 1.165) is 15.9 Å². The van der Waals surface area contributed by atoms with Crippen LogP contribution < -0.4 is 0 Å². The Morgan fingerprint density at radius 1 is 1.08 bits per heavy atom. The number of imidazole rings is 1. The lowest BCUT2D eigenvalue weighted by atomic mass is 10.2. The molecule has 4 aromatic rings. The summed E-state index contributed by atoms with van der Waals surface area (Å²) in [6.45, 7) is 0.865. The monoisotopic (exact) mass is 348 g/mol. The molecule has 0 aliphatic carbocycles. The topological polar surface area (TPSA) is 44.1 Å². The summed E-state index contributed by atoms with van der Waals surface area (Å²) in [6, 6.07) is 19.9. The third-order valence-corrected chi connectivity index (χ3v) is 5.05. The molecule has 4 rings (SSSR count). The highest BCUT2D eigenvalue weighted by molar-refractivity contribution is 7.20. The van der Waals surface area contributed by atoms with Crippen molar-refractivity contribution in [3.05, 3.63) is 89.3 Å². The summed E-state index contributed by atoms with van der Waals surface area (Å²) in [5.41, 5.74) is 1.18. The molecule has 0 aliphatic rings. The maximum absolute atomic E-state index is 12.3. The zero-order chi connectivity index (χ0) is 17.1. The van der Waals surface area contributed by atoms with Gasteiger partial charge in [-0.3, -0.25) is 0 Å². The van der Waals surface area contributed by atoms with Gasteiger partial charge in [-0.15, -0.1) is 11.3 Å². The molecule has 0 amide bonds. The van der Waals surface area contributed by atoms with Crippen LogP contribution in [0.2, 0.25) is 0 Å². The van der Waals surface area contributed by atoms with Gasteiger partial charge in [-0.05, 0) is 23.1 Å². The van der Waals surface area contributed by atoms with Crippen LogP contribution in [0.25, 0.3) is 10.1 Å². The van der Waals surface area contributed by atoms with Crippen molar-refractivity contribution in [1.82, 2.24) is 9.55 Å². The van der Waals surface area contributed by atoms with Crippen molar-refractivity contribution < 1.29 is 9.53 Å². The van der Waals surface area contributed by atoms with Gasteiger partial charge in [-0.2, -0.15) is 0 Å². The number of thiophene rings is 1. The number of hydrogen-bond donors (Lipinski definition) is 0. The zero-order valence-corrected chi connectivity index (χ0v) is 14.3. The van der Waals surface area contributed by atoms with E-state index in [4.69, 9.17) is 4.74 Å². The Morgan fingerprint density at radius 2 is 1.88 bits per heavy atom. The molecule has 0 saturated heterocycles. The van der Waals surface area contributed by atoms with Crippen LogP contribution in [0.3, 0.4) is 0 Å². The van der Waals surface area contributed by atoms with E-state index < -0.39 is 0 Å². The van der Waals surface area contributed by atoms with Gasteiger partial charge in [0.1, 0.15) is 17.3 Å². The number of aromatic nitrogens is 2. The third-order valence-electron chi connectivity index (χ3n) is 3.96. The second-order valence-corrected chi connectivity index (χ2v) is 6.77. The van der Waals surface area contributed by atoms with Gasteiger partial charge < -0.3 is 9.30 Å². The SMILES string of the molecule is O=C(OCc1nccn1Cc1ccccc1)c1cc2ccccc2s1. The Labute approximate surface area is 149 Å². The Hall–Kier alpha value is -2.92. The quantitative estimate of drug-likeness (QED) is 0.499. The van der Waals surface area contributed by atoms with Crippen LogP contribution in [0.15, 0.2) is 73.1 Å². The summed E-state index contributed by atoms with van der Waals surface area (Å²) in [4.78, 5) is 17.3. The lowest BCUT2D eigenvalue weighted by Gasteiger charge is -2.08. The fourth-order valence-corrected chi connectivity index (χ4v) is 3.64. The summed E-state index contributed by atoms with van der Waals surface area (Å²) >= 11 is 1.45. The summed E-state index contributed by atoms with van der Waals surface area (Å²) in [5.74, 6) is 0.425. The number of ether oxygens (including phenoxy) is 1. The van der Waals surface area contributed by atoms with E-state index in [1.165, 1.54) is 16.9 Å². The van der Waals surface area contributed by atoms with Gasteiger partial charge in [0.2, 0.25) is 0 Å². The molecule has 5 heteroatoms. The Balaban J connectivity index is 1.44. The fraction of sp³-hybridized carbons (Fsp3) is 0.100. The fourth-order valence-electron chi connectivity index (χ4n) is 2.69. The molecule has 2 aromatic heterocycles. The minimum absolute atomic E-state index is 0.160. The maximum atomic E-state index is 12.3. The summed E-state index contributed by atoms with van der Waals surface area (Å²) in [6.07, 6.45) is 3.63. The Kier molecular flexibility index (Phi) is 4.31. The number of benzene rings is 2. The minimum Gasteiger partial charge on any atom is -0.453 e. The van der Waals surface area contributed by atoms with Crippen molar-refractivity contribution in [2.75, 3.05) is 0 Å². The zero-order valence-electron chi connectivity index (χ0n) is 13.5. The number of esters is 1. The van der Waals surface area contributed by atoms with Crippen molar-refractivity contribution >= 4 is 27.4 Å². The molecule has 0 fully saturated rings. The first-order valence-electron chi connectivity index (χ1n) is 7.99. The molecule has 124 valence electrons. The third kappa shape index (κ3) is 3.46. The highest BCUT2D eigenvalue weighted by atomic mass is 32.1. The second kappa shape index (κ2) is 6.91. The first-order chi connectivity index (χ1) is 12.3. The average molecular weight is 348 g/mol. The van der Waals surface area contributed by atoms with Crippen molar-refractivity contribution in [3.8, 4) is 0 Å². The number of fused-ring (bicyclic) bond motifs is 1. The molecule has 0 aliphatic heterocycles. The predicted molar refractivity (Wildman–Crippen MR) is 98.7 cm³/mol. The molecular formula is C20H16N2O2S. The largest absolute Gasteiger partial charge is 0.453 e. The van der Waals surface area contributed by atoms with Gasteiger partial charge in [0.15, 0.2) is 0 Å². The van der Waals surface area contributed by atoms with Crippen molar-refractivity contribution in [2.24, 2.45) is 0 Å². The summed E-state index contributed by atoms with van der Waals surface area (Å²) in [5, 5.41) is 1.06. The lowest BCUT2D eigenvalue weighted by Crippen LogP contribution is -2.09. The van der Waals surface area contributed by atoms with E-state index in [1.807, 2.05) is 59.3 Å². The normalized spacial score (nSPS) is 10.9. The van der Waals surface area contributed by atoms with Crippen LogP contribution in [0.5, 0.6) is 0 Å². The molecule has 4 nitrogen and oxygen atoms in total. The first-order valence-corrected chi connectivity index (χ1v) is 8.81. The molecule has 0 spiro atoms. The molecular weight excluding hydrogens is 332 g/mol. The number of carbonyl (C=O) groups is 1. The van der Waals surface area contributed by atoms with Crippen LogP contribution in [0.1, 0.15) is 21.1 Å². The molecule has 2 heterocycles. The van der Waals surface area contributed by atoms with Crippen LogP contribution in [0, 0.1) is 0 Å². The van der Waals surface area contributed by atoms with E-state index in [0.29, 0.717) is 11.4 Å². The number of carbonyl (C=O) groups excluding carboxylic acids is 1. The van der Waals surface area contributed by atoms with Gasteiger partial charge in [-0.1, -0.05) is 48.5 Å². The van der Waals surface area contributed by atoms with Gasteiger partial charge in [-0.25, -0.2) is 9.78 Å². The van der Waals surface area contributed by atoms with Gasteiger partial charge in [0.05, 0.1) is 0 Å². The molecule has 0 radical (unpaired) electrons. The molecule has 0 saturated carbocycles. The maximum Gasteiger partial charge on any atom is 0.348 e. The Morgan fingerprint density at radius 3 is 2.72 bits per heavy atom. The Bertz CT molecular complexity index is 972. The lowest BCUT2D eigenvalue weighted by molar-refractivity contribution is 0.0464. The highest BCUT2D eigenvalue weighted by Gasteiger charge is 2.13. The molecule has 0 atom stereocenters. The molecule has 2 aromatic carbocycles. The van der Waals surface area contributed by atoms with Crippen LogP contribution in [-0.4, -0.2) is 15.5 Å². The highest BCUT2D eigenvalue weighted by Crippen LogP contribution is 2.26. The van der Waals surface area contributed by atoms with Crippen LogP contribution in [0.4, 0.5) is 0 Å². The van der Waals surface area contributed by atoms with Crippen molar-refractivity contribution in [3.63, 3.8) is 0 Å². The van der Waals surface area contributed by atoms with Gasteiger partial charge >= 0.3 is 5.97 Å². The second-order valence-electron chi connectivity index (χ2n) is 5.68. The van der Waals surface area contributed by atoms with Crippen LogP contribution >= 0.6 is 11.3 Å². The molecule has 0 N–H and O–H groups in total. The number of rotatable bonds is 5. The number of nitrogens with zero attached hydrogens (tertiary/aromatic N) is 2. The number of hydrogen-bond acceptors (Lipinski definition) is 4. The first kappa shape index (κ1) is 15.6. The smallest absolute Gasteiger partial charge is 0.348 e. The van der Waals surface area contributed by atoms with Gasteiger partial charge in [0, 0.05) is 23.6 Å². The van der Waals surface area contributed by atoms with Crippen molar-refractivity contribution in [1.29, 1.82) is 0 Å². The van der Waals surface area contributed by atoms with E-state index >= 15 is 0 Å². The van der Waals surface area contributed by atoms with Crippen LogP contribution in [-0.2, 0) is 17.9 Å². The van der Waals surface area contributed by atoms with E-state index in [9.17, 15) is 4.79 Å². The summed E-state index contributed by atoms with van der Waals surface area (Å²) in [7, 11) is 0. The van der Waals surface area contributed by atoms with E-state index in [2.05, 4.69) is 17.1 Å². The van der Waals surface area contributed by atoms with E-state index in [1.54, 1.807) is 6.20 Å². The van der Waals surface area contributed by atoms with Gasteiger partial charge in [0.25, 0.3) is 0 Å². The van der Waals surface area contributed by atoms with Crippen molar-refractivity contribution in [2.45, 2.75) is 13.2 Å². The molecule has 0 bridgehead atoms. The summed E-state index contributed by atoms with van der Waals surface area (Å²) < 4.78 is 8.55. The molecule has 0 unspecified atom stereocenters.